The molecule has 0 aliphatic carbocycles. The van der Waals surface area contributed by atoms with Crippen molar-refractivity contribution in [1.82, 2.24) is 5.32 Å². The van der Waals surface area contributed by atoms with Crippen LogP contribution in [-0.4, -0.2) is 12.5 Å². The quantitative estimate of drug-likeness (QED) is 0.683. The number of benzene rings is 2. The van der Waals surface area contributed by atoms with Gasteiger partial charge in [-0.15, -0.1) is 0 Å². The Morgan fingerprint density at radius 3 is 2.52 bits per heavy atom. The Morgan fingerprint density at radius 1 is 1.20 bits per heavy atom. The molecule has 2 aromatic carbocycles. The van der Waals surface area contributed by atoms with Crippen LogP contribution in [0.15, 0.2) is 54.6 Å². The maximum absolute atomic E-state index is 12.4. The predicted octanol–water partition coefficient (Wildman–Crippen LogP) is 5.22. The van der Waals surface area contributed by atoms with Gasteiger partial charge in [-0.2, -0.15) is 8.78 Å². The number of para-hydroxylation sites is 1. The minimum Gasteiger partial charge on any atom is -0.434 e. The molecule has 2 aromatic rings. The van der Waals surface area contributed by atoms with Crippen molar-refractivity contribution in [1.29, 1.82) is 0 Å². The number of alkyl halides is 2. The first-order valence-corrected chi connectivity index (χ1v) is 8.15. The van der Waals surface area contributed by atoms with Crippen molar-refractivity contribution in [3.8, 4) is 5.75 Å². The predicted molar refractivity (Wildman–Crippen MR) is 94.7 cm³/mol. The highest BCUT2D eigenvalue weighted by molar-refractivity contribution is 6.30. The summed E-state index contributed by atoms with van der Waals surface area (Å²) in [6.45, 7) is -0.965. The first kappa shape index (κ1) is 18.9. The van der Waals surface area contributed by atoms with Crippen LogP contribution >= 0.6 is 11.6 Å². The summed E-state index contributed by atoms with van der Waals surface area (Å²) in [5.74, 6) is -0.306. The van der Waals surface area contributed by atoms with Crippen molar-refractivity contribution in [2.45, 2.75) is 26.0 Å². The van der Waals surface area contributed by atoms with Gasteiger partial charge in [0.1, 0.15) is 5.75 Å². The highest BCUT2D eigenvalue weighted by Crippen LogP contribution is 2.22. The van der Waals surface area contributed by atoms with Crippen molar-refractivity contribution >= 4 is 23.6 Å². The smallest absolute Gasteiger partial charge is 0.387 e. The molecule has 0 fully saturated rings. The summed E-state index contributed by atoms with van der Waals surface area (Å²) in [5.41, 5.74) is 1.34. The fourth-order valence-corrected chi connectivity index (χ4v) is 2.45. The molecule has 1 unspecified atom stereocenters. The molecule has 6 heteroatoms. The van der Waals surface area contributed by atoms with E-state index in [0.717, 1.165) is 5.56 Å². The molecule has 1 atom stereocenters. The van der Waals surface area contributed by atoms with E-state index in [1.165, 1.54) is 18.2 Å². The van der Waals surface area contributed by atoms with E-state index in [1.807, 2.05) is 19.1 Å². The van der Waals surface area contributed by atoms with E-state index in [0.29, 0.717) is 17.0 Å². The molecule has 0 aliphatic heterocycles. The molecule has 0 radical (unpaired) electrons. The summed E-state index contributed by atoms with van der Waals surface area (Å²) in [5, 5.41) is 3.50. The Kier molecular flexibility index (Phi) is 6.95. The number of carbonyl (C=O) groups is 1. The van der Waals surface area contributed by atoms with Crippen molar-refractivity contribution in [3.63, 3.8) is 0 Å². The molecule has 0 saturated heterocycles. The average molecular weight is 366 g/mol. The Hall–Kier alpha value is -2.40. The standard InChI is InChI=1S/C19H18ClF2NO2/c1-2-16(13-7-10-15(20)11-8-13)23-18(24)12-9-14-5-3-4-6-17(14)25-19(21)22/h3-12,16,19H,2H2,1H3,(H,23,24)/b12-9+. The van der Waals surface area contributed by atoms with Gasteiger partial charge in [-0.1, -0.05) is 48.9 Å². The molecule has 0 heterocycles. The number of carbonyl (C=O) groups excluding carboxylic acids is 1. The second kappa shape index (κ2) is 9.18. The van der Waals surface area contributed by atoms with Crippen molar-refractivity contribution in [3.05, 3.63) is 70.8 Å². The number of hydrogen-bond acceptors (Lipinski definition) is 2. The van der Waals surface area contributed by atoms with Gasteiger partial charge in [0, 0.05) is 16.7 Å². The molecule has 25 heavy (non-hydrogen) atoms. The SMILES string of the molecule is CCC(NC(=O)/C=C/c1ccccc1OC(F)F)c1ccc(Cl)cc1. The van der Waals surface area contributed by atoms with Gasteiger partial charge in [0.2, 0.25) is 5.91 Å². The normalized spacial score (nSPS) is 12.4. The van der Waals surface area contributed by atoms with Crippen LogP contribution in [0.4, 0.5) is 8.78 Å². The molecule has 132 valence electrons. The van der Waals surface area contributed by atoms with Gasteiger partial charge < -0.3 is 10.1 Å². The number of amides is 1. The van der Waals surface area contributed by atoms with Gasteiger partial charge in [0.05, 0.1) is 6.04 Å². The van der Waals surface area contributed by atoms with Gasteiger partial charge in [0.15, 0.2) is 0 Å². The molecule has 2 rings (SSSR count). The molecule has 0 spiro atoms. The lowest BCUT2D eigenvalue weighted by Gasteiger charge is -2.16. The van der Waals surface area contributed by atoms with E-state index in [9.17, 15) is 13.6 Å². The second-order valence-electron chi connectivity index (χ2n) is 5.27. The fraction of sp³-hybridized carbons (Fsp3) is 0.211. The van der Waals surface area contributed by atoms with Crippen molar-refractivity contribution < 1.29 is 18.3 Å². The zero-order valence-corrected chi connectivity index (χ0v) is 14.3. The number of rotatable bonds is 7. The molecular weight excluding hydrogens is 348 g/mol. The monoisotopic (exact) mass is 365 g/mol. The summed E-state index contributed by atoms with van der Waals surface area (Å²) < 4.78 is 29.2. The summed E-state index contributed by atoms with van der Waals surface area (Å²) in [7, 11) is 0. The van der Waals surface area contributed by atoms with E-state index in [2.05, 4.69) is 10.1 Å². The highest BCUT2D eigenvalue weighted by Gasteiger charge is 2.11. The summed E-state index contributed by atoms with van der Waals surface area (Å²) in [6, 6.07) is 13.4. The third-order valence-corrected chi connectivity index (χ3v) is 3.80. The second-order valence-corrected chi connectivity index (χ2v) is 5.71. The van der Waals surface area contributed by atoms with E-state index >= 15 is 0 Å². The highest BCUT2D eigenvalue weighted by atomic mass is 35.5. The third kappa shape index (κ3) is 5.87. The van der Waals surface area contributed by atoms with Crippen LogP contribution in [0.25, 0.3) is 6.08 Å². The molecule has 3 nitrogen and oxygen atoms in total. The van der Waals surface area contributed by atoms with Crippen LogP contribution in [-0.2, 0) is 4.79 Å². The van der Waals surface area contributed by atoms with Gasteiger partial charge in [-0.05, 0) is 36.3 Å². The molecule has 0 saturated carbocycles. The maximum atomic E-state index is 12.4. The minimum atomic E-state index is -2.92. The van der Waals surface area contributed by atoms with Gasteiger partial charge in [-0.3, -0.25) is 4.79 Å². The van der Waals surface area contributed by atoms with Crippen LogP contribution < -0.4 is 10.1 Å². The Balaban J connectivity index is 2.06. The lowest BCUT2D eigenvalue weighted by Crippen LogP contribution is -2.26. The Bertz CT molecular complexity index is 732. The number of hydrogen-bond donors (Lipinski definition) is 1. The lowest BCUT2D eigenvalue weighted by molar-refractivity contribution is -0.117. The van der Waals surface area contributed by atoms with Gasteiger partial charge >= 0.3 is 6.61 Å². The Morgan fingerprint density at radius 2 is 1.88 bits per heavy atom. The molecule has 1 amide bonds. The van der Waals surface area contributed by atoms with E-state index in [1.54, 1.807) is 30.3 Å². The van der Waals surface area contributed by atoms with Crippen molar-refractivity contribution in [2.24, 2.45) is 0 Å². The van der Waals surface area contributed by atoms with E-state index in [4.69, 9.17) is 11.6 Å². The van der Waals surface area contributed by atoms with Crippen LogP contribution in [0, 0.1) is 0 Å². The fourth-order valence-electron chi connectivity index (χ4n) is 2.32. The van der Waals surface area contributed by atoms with Crippen LogP contribution in [0.3, 0.4) is 0 Å². The lowest BCUT2D eigenvalue weighted by atomic mass is 10.0. The maximum Gasteiger partial charge on any atom is 0.387 e. The molecule has 0 bridgehead atoms. The Labute approximate surface area is 150 Å². The van der Waals surface area contributed by atoms with E-state index in [-0.39, 0.29) is 17.7 Å². The largest absolute Gasteiger partial charge is 0.434 e. The molecule has 1 N–H and O–H groups in total. The van der Waals surface area contributed by atoms with E-state index < -0.39 is 6.61 Å². The summed E-state index contributed by atoms with van der Waals surface area (Å²) >= 11 is 5.87. The molecule has 0 aliphatic rings. The van der Waals surface area contributed by atoms with Gasteiger partial charge in [-0.25, -0.2) is 0 Å². The van der Waals surface area contributed by atoms with Crippen molar-refractivity contribution in [2.75, 3.05) is 0 Å². The number of halogens is 3. The van der Waals surface area contributed by atoms with Crippen LogP contribution in [0.2, 0.25) is 5.02 Å². The molecular formula is C19H18ClF2NO2. The van der Waals surface area contributed by atoms with Crippen LogP contribution in [0.5, 0.6) is 5.75 Å². The summed E-state index contributed by atoms with van der Waals surface area (Å²) in [4.78, 5) is 12.1. The average Bonchev–Trinajstić information content (AvgIpc) is 2.59. The minimum absolute atomic E-state index is 0.0197. The molecule has 0 aromatic heterocycles. The zero-order valence-electron chi connectivity index (χ0n) is 13.6. The number of ether oxygens (including phenoxy) is 1. The first-order chi connectivity index (χ1) is 12.0. The van der Waals surface area contributed by atoms with Crippen LogP contribution in [0.1, 0.15) is 30.5 Å². The van der Waals surface area contributed by atoms with Gasteiger partial charge in [0.25, 0.3) is 0 Å². The topological polar surface area (TPSA) is 38.3 Å². The zero-order chi connectivity index (χ0) is 18.2. The third-order valence-electron chi connectivity index (χ3n) is 3.55. The summed E-state index contributed by atoms with van der Waals surface area (Å²) in [6.07, 6.45) is 3.44. The first-order valence-electron chi connectivity index (χ1n) is 7.77. The number of nitrogens with one attached hydrogen (secondary N) is 1.